The van der Waals surface area contributed by atoms with E-state index in [2.05, 4.69) is 25.4 Å². The fourth-order valence-electron chi connectivity index (χ4n) is 3.79. The predicted molar refractivity (Wildman–Crippen MR) is 102 cm³/mol. The van der Waals surface area contributed by atoms with Gasteiger partial charge in [0.05, 0.1) is 23.8 Å². The van der Waals surface area contributed by atoms with Crippen LogP contribution in [-0.2, 0) is 6.54 Å². The molecule has 1 saturated carbocycles. The van der Waals surface area contributed by atoms with Crippen LogP contribution in [0, 0.1) is 6.92 Å². The van der Waals surface area contributed by atoms with E-state index in [1.807, 2.05) is 6.07 Å². The molecule has 0 unspecified atom stereocenters. The third kappa shape index (κ3) is 3.23. The minimum absolute atomic E-state index is 0.233. The Morgan fingerprint density at radius 3 is 2.73 bits per heavy atom. The molecule has 5 rings (SSSR count). The molecule has 1 fully saturated rings. The summed E-state index contributed by atoms with van der Waals surface area (Å²) in [7, 11) is 0. The van der Waals surface area contributed by atoms with Crippen LogP contribution in [0.2, 0.25) is 0 Å². The number of nitrogens with one attached hydrogen (secondary N) is 1. The monoisotopic (exact) mass is 419 g/mol. The molecule has 0 aromatic carbocycles. The van der Waals surface area contributed by atoms with Gasteiger partial charge in [-0.05, 0) is 19.1 Å². The molecule has 156 valence electrons. The smallest absolute Gasteiger partial charge is 0.256 e. The number of aromatic nitrogens is 6. The molecular weight excluding hydrogens is 402 g/mol. The Labute approximate surface area is 167 Å². The summed E-state index contributed by atoms with van der Waals surface area (Å²) in [5, 5.41) is 7.24. The van der Waals surface area contributed by atoms with Gasteiger partial charge in [0.25, 0.3) is 12.3 Å². The van der Waals surface area contributed by atoms with Crippen molar-refractivity contribution in [3.63, 3.8) is 0 Å². The highest BCUT2D eigenvalue weighted by atomic mass is 19.3. The molecule has 0 radical (unpaired) electrons. The molecule has 1 N–H and O–H groups in total. The number of imidazole rings is 1. The summed E-state index contributed by atoms with van der Waals surface area (Å²) in [6.45, 7) is 1.21. The van der Waals surface area contributed by atoms with Crippen molar-refractivity contribution in [3.8, 4) is 11.1 Å². The number of anilines is 1. The van der Waals surface area contributed by atoms with Crippen molar-refractivity contribution in [2.45, 2.75) is 44.7 Å². The number of hydrogen-bond acceptors (Lipinski definition) is 5. The fraction of sp³-hybridized carbons (Fsp3) is 0.368. The van der Waals surface area contributed by atoms with Crippen LogP contribution in [0.3, 0.4) is 0 Å². The number of fused-ring (bicyclic) bond motifs is 2. The first-order valence-corrected chi connectivity index (χ1v) is 9.39. The van der Waals surface area contributed by atoms with Gasteiger partial charge in [0.2, 0.25) is 5.95 Å². The first-order chi connectivity index (χ1) is 14.3. The maximum Gasteiger partial charge on any atom is 0.256 e. The number of aryl methyl sites for hydroxylation is 1. The molecule has 1 aliphatic carbocycles. The van der Waals surface area contributed by atoms with Gasteiger partial charge in [-0.3, -0.25) is 0 Å². The zero-order valence-corrected chi connectivity index (χ0v) is 15.9. The topological polar surface area (TPSA) is 72.9 Å². The summed E-state index contributed by atoms with van der Waals surface area (Å²) >= 11 is 0. The average Bonchev–Trinajstić information content (AvgIpc) is 3.20. The highest BCUT2D eigenvalue weighted by molar-refractivity contribution is 5.85. The van der Waals surface area contributed by atoms with E-state index in [-0.39, 0.29) is 24.8 Å². The van der Waals surface area contributed by atoms with E-state index < -0.39 is 18.9 Å². The minimum Gasteiger partial charge on any atom is -0.350 e. The van der Waals surface area contributed by atoms with Gasteiger partial charge in [0.15, 0.2) is 5.65 Å². The molecule has 0 aliphatic heterocycles. The first-order valence-electron chi connectivity index (χ1n) is 9.39. The van der Waals surface area contributed by atoms with Gasteiger partial charge in [0.1, 0.15) is 5.82 Å². The molecule has 0 atom stereocenters. The lowest BCUT2D eigenvalue weighted by Gasteiger charge is -2.35. The van der Waals surface area contributed by atoms with Gasteiger partial charge < -0.3 is 9.88 Å². The largest absolute Gasteiger partial charge is 0.350 e. The van der Waals surface area contributed by atoms with Crippen LogP contribution < -0.4 is 5.32 Å². The number of alkyl halides is 4. The van der Waals surface area contributed by atoms with Crippen molar-refractivity contribution in [1.29, 1.82) is 0 Å². The van der Waals surface area contributed by atoms with Crippen molar-refractivity contribution in [2.24, 2.45) is 0 Å². The Hall–Kier alpha value is -3.24. The summed E-state index contributed by atoms with van der Waals surface area (Å²) in [6.07, 6.45) is 1.96. The van der Waals surface area contributed by atoms with Crippen LogP contribution in [0.5, 0.6) is 0 Å². The highest BCUT2D eigenvalue weighted by Gasteiger charge is 2.45. The molecular formula is C19H17F4N7. The molecule has 30 heavy (non-hydrogen) atoms. The molecule has 0 bridgehead atoms. The summed E-state index contributed by atoms with van der Waals surface area (Å²) in [5.74, 6) is -1.88. The van der Waals surface area contributed by atoms with E-state index in [1.54, 1.807) is 36.1 Å². The van der Waals surface area contributed by atoms with Crippen LogP contribution in [0.4, 0.5) is 23.5 Å². The van der Waals surface area contributed by atoms with Gasteiger partial charge in [-0.2, -0.15) is 0 Å². The number of pyridine rings is 1. The van der Waals surface area contributed by atoms with E-state index in [0.29, 0.717) is 28.1 Å². The lowest BCUT2D eigenvalue weighted by Crippen LogP contribution is -2.44. The Bertz CT molecular complexity index is 1240. The summed E-state index contributed by atoms with van der Waals surface area (Å²) < 4.78 is 55.0. The van der Waals surface area contributed by atoms with Crippen molar-refractivity contribution in [1.82, 2.24) is 29.1 Å². The van der Waals surface area contributed by atoms with Crippen LogP contribution >= 0.6 is 0 Å². The summed E-state index contributed by atoms with van der Waals surface area (Å²) in [6, 6.07) is 3.23. The minimum atomic E-state index is -2.62. The predicted octanol–water partition coefficient (Wildman–Crippen LogP) is 3.92. The quantitative estimate of drug-likeness (QED) is 0.497. The normalized spacial score (nSPS) is 16.5. The van der Waals surface area contributed by atoms with E-state index in [0.717, 1.165) is 5.56 Å². The fourth-order valence-corrected chi connectivity index (χ4v) is 3.79. The van der Waals surface area contributed by atoms with Crippen LogP contribution in [0.25, 0.3) is 27.8 Å². The lowest BCUT2D eigenvalue weighted by molar-refractivity contribution is -0.0795. The van der Waals surface area contributed by atoms with E-state index >= 15 is 0 Å². The zero-order chi connectivity index (χ0) is 21.0. The molecule has 0 amide bonds. The second-order valence-corrected chi connectivity index (χ2v) is 7.47. The molecule has 4 heterocycles. The average molecular weight is 419 g/mol. The molecule has 4 aromatic rings. The molecule has 7 nitrogen and oxygen atoms in total. The summed E-state index contributed by atoms with van der Waals surface area (Å²) in [4.78, 5) is 12.8. The van der Waals surface area contributed by atoms with Gasteiger partial charge in [0, 0.05) is 42.4 Å². The van der Waals surface area contributed by atoms with E-state index in [1.165, 1.54) is 4.57 Å². The maximum absolute atomic E-state index is 13.0. The van der Waals surface area contributed by atoms with Crippen molar-refractivity contribution in [3.05, 3.63) is 36.5 Å². The third-order valence-electron chi connectivity index (χ3n) is 5.27. The number of nitrogens with zero attached hydrogens (tertiary/aromatic N) is 6. The van der Waals surface area contributed by atoms with Crippen LogP contribution in [-0.4, -0.2) is 47.5 Å². The Balaban J connectivity index is 1.48. The number of halogens is 4. The Morgan fingerprint density at radius 2 is 2.00 bits per heavy atom. The van der Waals surface area contributed by atoms with Crippen molar-refractivity contribution in [2.75, 3.05) is 5.32 Å². The maximum atomic E-state index is 13.0. The molecule has 0 saturated heterocycles. The van der Waals surface area contributed by atoms with Crippen LogP contribution in [0.1, 0.15) is 18.7 Å². The van der Waals surface area contributed by atoms with Crippen molar-refractivity contribution >= 4 is 22.6 Å². The van der Waals surface area contributed by atoms with E-state index in [9.17, 15) is 17.6 Å². The number of hydrogen-bond donors (Lipinski definition) is 1. The van der Waals surface area contributed by atoms with E-state index in [4.69, 9.17) is 0 Å². The molecule has 1 aliphatic rings. The second kappa shape index (κ2) is 6.64. The third-order valence-corrected chi connectivity index (χ3v) is 5.27. The lowest BCUT2D eigenvalue weighted by atomic mass is 9.88. The molecule has 11 heteroatoms. The van der Waals surface area contributed by atoms with Crippen LogP contribution in [0.15, 0.2) is 30.7 Å². The zero-order valence-electron chi connectivity index (χ0n) is 15.9. The Kier molecular flexibility index (Phi) is 4.16. The summed E-state index contributed by atoms with van der Waals surface area (Å²) in [5.41, 5.74) is 3.09. The highest BCUT2D eigenvalue weighted by Crippen LogP contribution is 2.38. The van der Waals surface area contributed by atoms with Gasteiger partial charge in [-0.15, -0.1) is 5.10 Å². The number of rotatable bonds is 5. The Morgan fingerprint density at radius 1 is 1.20 bits per heavy atom. The second-order valence-electron chi connectivity index (χ2n) is 7.47. The first kappa shape index (κ1) is 18.8. The molecule has 0 spiro atoms. The van der Waals surface area contributed by atoms with Gasteiger partial charge in [-0.25, -0.2) is 37.0 Å². The van der Waals surface area contributed by atoms with Gasteiger partial charge >= 0.3 is 0 Å². The van der Waals surface area contributed by atoms with Crippen molar-refractivity contribution < 1.29 is 17.6 Å². The molecule has 4 aromatic heterocycles. The standard InChI is InChI=1S/C19H17F4N7/c1-10-26-17-14(29(10)9-16(20)21)4-11(7-24-17)13-2-3-30-15(13)8-25-18(28-30)27-12-5-19(22,23)6-12/h2-4,7-8,12,16H,5-6,9H2,1H3,(H,27,28). The van der Waals surface area contributed by atoms with Gasteiger partial charge in [-0.1, -0.05) is 0 Å². The SMILES string of the molecule is Cc1nc2ncc(-c3ccn4nc(NC5CC(F)(F)C5)ncc34)cc2n1CC(F)F.